The number of hydrogen-bond acceptors (Lipinski definition) is 11. The van der Waals surface area contributed by atoms with E-state index < -0.39 is 5.91 Å². The van der Waals surface area contributed by atoms with Crippen LogP contribution in [0.5, 0.6) is 5.75 Å². The summed E-state index contributed by atoms with van der Waals surface area (Å²) < 4.78 is 11.2. The summed E-state index contributed by atoms with van der Waals surface area (Å²) in [5.41, 5.74) is 9.22. The maximum absolute atomic E-state index is 12.8. The van der Waals surface area contributed by atoms with Crippen molar-refractivity contribution in [3.05, 3.63) is 48.3 Å². The van der Waals surface area contributed by atoms with Crippen molar-refractivity contribution in [2.75, 3.05) is 75.1 Å². The number of carbonyl (C=O) groups excluding carboxylic acids is 1. The predicted molar refractivity (Wildman–Crippen MR) is 191 cm³/mol. The molecular formula is C37H49N9O3. The largest absolute Gasteiger partial charge is 0.494 e. The lowest BCUT2D eigenvalue weighted by molar-refractivity contribution is -0.0342. The molecule has 3 aromatic rings. The van der Waals surface area contributed by atoms with E-state index in [1.165, 1.54) is 57.5 Å². The lowest BCUT2D eigenvalue weighted by Crippen LogP contribution is -2.53. The summed E-state index contributed by atoms with van der Waals surface area (Å²) in [4.78, 5) is 35.0. The van der Waals surface area contributed by atoms with Crippen molar-refractivity contribution in [1.82, 2.24) is 24.8 Å². The highest BCUT2D eigenvalue weighted by Crippen LogP contribution is 2.50. The van der Waals surface area contributed by atoms with E-state index in [1.807, 2.05) is 18.2 Å². The number of methoxy groups -OCH3 is 1. The predicted octanol–water partition coefficient (Wildman–Crippen LogP) is 4.51. The fourth-order valence-electron chi connectivity index (χ4n) is 8.48. The molecule has 8 rings (SSSR count). The van der Waals surface area contributed by atoms with E-state index in [4.69, 9.17) is 25.2 Å². The van der Waals surface area contributed by atoms with Gasteiger partial charge in [-0.2, -0.15) is 0 Å². The van der Waals surface area contributed by atoms with Gasteiger partial charge in [-0.3, -0.25) is 19.6 Å². The first kappa shape index (κ1) is 32.2. The number of amides is 1. The van der Waals surface area contributed by atoms with Crippen LogP contribution in [0.3, 0.4) is 0 Å². The number of carbonyl (C=O) groups is 1. The number of aromatic nitrogens is 3. The first-order valence-corrected chi connectivity index (χ1v) is 18.1. The monoisotopic (exact) mass is 667 g/mol. The number of piperidine rings is 1. The molecule has 12 heteroatoms. The normalized spacial score (nSPS) is 22.1. The molecule has 12 nitrogen and oxygen atoms in total. The van der Waals surface area contributed by atoms with Gasteiger partial charge in [-0.25, -0.2) is 9.97 Å². The first-order valence-electron chi connectivity index (χ1n) is 18.1. The molecule has 1 aromatic carbocycles. The third-order valence-electron chi connectivity index (χ3n) is 11.5. The average Bonchev–Trinajstić information content (AvgIpc) is 3.98. The van der Waals surface area contributed by atoms with Gasteiger partial charge in [-0.15, -0.1) is 0 Å². The zero-order valence-electron chi connectivity index (χ0n) is 28.6. The van der Waals surface area contributed by atoms with E-state index in [0.29, 0.717) is 40.2 Å². The van der Waals surface area contributed by atoms with Crippen molar-refractivity contribution in [2.45, 2.75) is 69.5 Å². The third-order valence-corrected chi connectivity index (χ3v) is 11.5. The van der Waals surface area contributed by atoms with Gasteiger partial charge in [0.15, 0.2) is 17.3 Å². The number of anilines is 4. The SMILES string of the molecule is COc1cccnc1-c1nc(C(N)=O)c(Nc2ccc(N3CCC(N4CCN(C5CC5)CC4)CC3)cc2)nc1NC1CC2(CCOCC2)C1. The molecule has 1 amide bonds. The fourth-order valence-corrected chi connectivity index (χ4v) is 8.48. The van der Waals surface area contributed by atoms with E-state index in [0.717, 1.165) is 63.7 Å². The van der Waals surface area contributed by atoms with Gasteiger partial charge in [0.25, 0.3) is 5.91 Å². The molecule has 49 heavy (non-hydrogen) atoms. The van der Waals surface area contributed by atoms with Crippen LogP contribution in [0.25, 0.3) is 11.4 Å². The number of benzene rings is 1. The van der Waals surface area contributed by atoms with E-state index >= 15 is 0 Å². The Labute approximate surface area is 288 Å². The Kier molecular flexibility index (Phi) is 9.02. The molecule has 260 valence electrons. The fraction of sp³-hybridized carbons (Fsp3) is 0.568. The quantitative estimate of drug-likeness (QED) is 0.282. The zero-order chi connectivity index (χ0) is 33.4. The van der Waals surface area contributed by atoms with Crippen molar-refractivity contribution >= 4 is 28.9 Å². The Morgan fingerprint density at radius 3 is 2.18 bits per heavy atom. The molecular weight excluding hydrogens is 618 g/mol. The van der Waals surface area contributed by atoms with Crippen molar-refractivity contribution in [3.8, 4) is 17.1 Å². The van der Waals surface area contributed by atoms with E-state index in [-0.39, 0.29) is 11.7 Å². The summed E-state index contributed by atoms with van der Waals surface area (Å²) in [7, 11) is 1.59. The number of ether oxygens (including phenoxy) is 2. The molecule has 2 aromatic heterocycles. The molecule has 0 radical (unpaired) electrons. The van der Waals surface area contributed by atoms with Gasteiger partial charge in [0.1, 0.15) is 17.1 Å². The van der Waals surface area contributed by atoms with Crippen molar-refractivity contribution < 1.29 is 14.3 Å². The summed E-state index contributed by atoms with van der Waals surface area (Å²) in [6.07, 6.45) is 11.1. The molecule has 2 aliphatic carbocycles. The molecule has 0 unspecified atom stereocenters. The van der Waals surface area contributed by atoms with Gasteiger partial charge in [-0.05, 0) is 93.2 Å². The number of piperazine rings is 1. The van der Waals surface area contributed by atoms with Crippen LogP contribution in [0.1, 0.15) is 61.9 Å². The van der Waals surface area contributed by atoms with Gasteiger partial charge in [0.2, 0.25) is 0 Å². The van der Waals surface area contributed by atoms with Gasteiger partial charge in [0, 0.05) is 88.2 Å². The summed E-state index contributed by atoms with van der Waals surface area (Å²) in [5, 5.41) is 6.99. The van der Waals surface area contributed by atoms with Crippen LogP contribution in [0.15, 0.2) is 42.6 Å². The van der Waals surface area contributed by atoms with Crippen molar-refractivity contribution in [3.63, 3.8) is 0 Å². The first-order chi connectivity index (χ1) is 24.0. The lowest BCUT2D eigenvalue weighted by Gasteiger charge is -2.50. The topological polar surface area (TPSA) is 134 Å². The van der Waals surface area contributed by atoms with E-state index in [9.17, 15) is 4.79 Å². The molecule has 5 aliphatic rings. The Hall–Kier alpha value is -4.00. The molecule has 5 heterocycles. The van der Waals surface area contributed by atoms with Crippen molar-refractivity contribution in [2.24, 2.45) is 11.1 Å². The number of nitrogens with zero attached hydrogens (tertiary/aromatic N) is 6. The number of nitrogens with two attached hydrogens (primary N) is 1. The van der Waals surface area contributed by atoms with Crippen LogP contribution in [-0.2, 0) is 4.74 Å². The Morgan fingerprint density at radius 2 is 1.55 bits per heavy atom. The highest BCUT2D eigenvalue weighted by Gasteiger charge is 2.45. The van der Waals surface area contributed by atoms with Crippen LogP contribution in [0.2, 0.25) is 0 Å². The molecule has 0 bridgehead atoms. The highest BCUT2D eigenvalue weighted by molar-refractivity contribution is 5.97. The van der Waals surface area contributed by atoms with Crippen molar-refractivity contribution in [1.29, 1.82) is 0 Å². The summed E-state index contributed by atoms with van der Waals surface area (Å²) in [6.45, 7) is 8.63. The van der Waals surface area contributed by atoms with Gasteiger partial charge >= 0.3 is 0 Å². The maximum Gasteiger partial charge on any atom is 0.271 e. The van der Waals surface area contributed by atoms with Crippen LogP contribution in [-0.4, -0.2) is 108 Å². The number of nitrogens with one attached hydrogen (secondary N) is 2. The Morgan fingerprint density at radius 1 is 0.878 bits per heavy atom. The second-order valence-electron chi connectivity index (χ2n) is 14.6. The van der Waals surface area contributed by atoms with Gasteiger partial charge in [-0.1, -0.05) is 0 Å². The van der Waals surface area contributed by atoms with Crippen LogP contribution >= 0.6 is 0 Å². The molecule has 5 fully saturated rings. The van der Waals surface area contributed by atoms with Crippen LogP contribution < -0.4 is 26.0 Å². The zero-order valence-corrected chi connectivity index (χ0v) is 28.6. The Balaban J connectivity index is 0.973. The number of primary amides is 1. The summed E-state index contributed by atoms with van der Waals surface area (Å²) in [5.74, 6) is 0.728. The van der Waals surface area contributed by atoms with E-state index in [2.05, 4.69) is 42.5 Å². The molecule has 1 spiro atoms. The summed E-state index contributed by atoms with van der Waals surface area (Å²) >= 11 is 0. The highest BCUT2D eigenvalue weighted by atomic mass is 16.5. The second-order valence-corrected chi connectivity index (χ2v) is 14.6. The lowest BCUT2D eigenvalue weighted by atomic mass is 9.61. The Bertz CT molecular complexity index is 1620. The minimum Gasteiger partial charge on any atom is -0.494 e. The molecule has 0 atom stereocenters. The smallest absolute Gasteiger partial charge is 0.271 e. The van der Waals surface area contributed by atoms with Gasteiger partial charge in [0.05, 0.1) is 7.11 Å². The molecule has 2 saturated carbocycles. The number of hydrogen-bond donors (Lipinski definition) is 3. The van der Waals surface area contributed by atoms with Gasteiger partial charge < -0.3 is 30.7 Å². The molecule has 3 aliphatic heterocycles. The number of pyridine rings is 1. The number of rotatable bonds is 10. The maximum atomic E-state index is 12.8. The summed E-state index contributed by atoms with van der Waals surface area (Å²) in [6, 6.07) is 13.8. The second kappa shape index (κ2) is 13.7. The molecule has 3 saturated heterocycles. The van der Waals surface area contributed by atoms with E-state index in [1.54, 1.807) is 19.4 Å². The molecule has 4 N–H and O–H groups in total. The minimum absolute atomic E-state index is 0.0480. The average molecular weight is 668 g/mol. The third kappa shape index (κ3) is 6.91. The standard InChI is InChI=1S/C37H49N9O3/c1-48-30-3-2-14-39-31(30)32-35(41-26-23-37(24-26)12-21-49-22-13-37)43-36(33(42-32)34(38)47)40-25-4-6-27(7-5-25)44-15-10-29(11-16-44)46-19-17-45(18-20-46)28-8-9-28/h2-7,14,26,28-29H,8-13,15-24H2,1H3,(H2,38,47)(H2,40,41,43). The minimum atomic E-state index is -0.670. The van der Waals surface area contributed by atoms with Crippen LogP contribution in [0, 0.1) is 5.41 Å². The van der Waals surface area contributed by atoms with Crippen LogP contribution in [0.4, 0.5) is 23.0 Å².